The number of imidazole rings is 1. The molecular weight excluding hydrogens is 661 g/mol. The molecule has 48 heavy (non-hydrogen) atoms. The van der Waals surface area contributed by atoms with Crippen molar-refractivity contribution in [3.8, 4) is 0 Å². The molecule has 2 aliphatic heterocycles. The monoisotopic (exact) mass is 693 g/mol. The van der Waals surface area contributed by atoms with Gasteiger partial charge in [-0.05, 0) is 13.8 Å². The predicted molar refractivity (Wildman–Crippen MR) is 164 cm³/mol. The van der Waals surface area contributed by atoms with Crippen LogP contribution in [0.4, 0.5) is 23.3 Å². The number of carbonyl (C=O) groups excluding carboxylic acids is 3. The first-order valence-corrected chi connectivity index (χ1v) is 15.8. The van der Waals surface area contributed by atoms with Gasteiger partial charge in [-0.15, -0.1) is 0 Å². The van der Waals surface area contributed by atoms with Crippen molar-refractivity contribution >= 4 is 65.5 Å². The largest absolute Gasteiger partial charge is 0.387 e. The van der Waals surface area contributed by atoms with Crippen LogP contribution in [0.2, 0.25) is 0 Å². The molecule has 0 spiro atoms. The number of nitrogens with one attached hydrogen (secondary N) is 4. The van der Waals surface area contributed by atoms with Crippen LogP contribution < -0.4 is 33.0 Å². The number of amides is 3. The lowest BCUT2D eigenvalue weighted by molar-refractivity contribution is -0.135. The molecule has 0 aliphatic carbocycles. The fourth-order valence-electron chi connectivity index (χ4n) is 5.04. The highest BCUT2D eigenvalue weighted by molar-refractivity contribution is 7.51. The number of hydrogen-bond acceptors (Lipinski definition) is 16. The number of ether oxygens (including phenoxy) is 1. The van der Waals surface area contributed by atoms with Crippen LogP contribution in [-0.4, -0.2) is 128 Å². The number of H-pyrrole nitrogens is 1. The lowest BCUT2D eigenvalue weighted by Gasteiger charge is -2.32. The first-order valence-electron chi connectivity index (χ1n) is 14.0. The number of anilines is 3. The van der Waals surface area contributed by atoms with Gasteiger partial charge in [0.15, 0.2) is 29.2 Å². The van der Waals surface area contributed by atoms with Crippen molar-refractivity contribution in [2.45, 2.75) is 43.9 Å². The molecule has 3 amide bonds. The molecule has 23 nitrogen and oxygen atoms in total. The molecule has 5 rings (SSSR count). The third kappa shape index (κ3) is 7.10. The van der Waals surface area contributed by atoms with Crippen molar-refractivity contribution in [1.82, 2.24) is 45.0 Å². The Bertz CT molecular complexity index is 1910. The summed E-state index contributed by atoms with van der Waals surface area (Å²) in [5.74, 6) is -2.91. The average Bonchev–Trinajstić information content (AvgIpc) is 3.53. The normalized spacial score (nSPS) is 21.6. The van der Waals surface area contributed by atoms with Gasteiger partial charge in [0.2, 0.25) is 17.8 Å². The van der Waals surface area contributed by atoms with Gasteiger partial charge >= 0.3 is 7.60 Å². The second-order valence-electron chi connectivity index (χ2n) is 11.4. The van der Waals surface area contributed by atoms with Gasteiger partial charge in [-0.1, -0.05) is 0 Å². The van der Waals surface area contributed by atoms with Gasteiger partial charge in [0.1, 0.15) is 48.7 Å². The Morgan fingerprint density at radius 3 is 2.58 bits per heavy atom. The number of nitrogen functional groups attached to an aromatic ring is 2. The molecule has 3 aromatic rings. The molecule has 0 saturated carbocycles. The topological polar surface area (TPSA) is 352 Å². The Labute approximate surface area is 269 Å². The summed E-state index contributed by atoms with van der Waals surface area (Å²) in [5.41, 5.74) is 9.45. The molecule has 4 atom stereocenters. The number of aliphatic hydroxyl groups is 2. The summed E-state index contributed by atoms with van der Waals surface area (Å²) in [7, 11) is -4.89. The quantitative estimate of drug-likeness (QED) is 0.0901. The number of aromatic amines is 1. The summed E-state index contributed by atoms with van der Waals surface area (Å²) in [6.45, 7) is 1.05. The molecule has 2 aliphatic rings. The maximum absolute atomic E-state index is 13.0. The van der Waals surface area contributed by atoms with Gasteiger partial charge in [-0.25, -0.2) is 19.9 Å². The Morgan fingerprint density at radius 1 is 1.15 bits per heavy atom. The number of fused-ring (bicyclic) bond motifs is 2. The minimum atomic E-state index is -4.89. The molecule has 12 N–H and O–H groups in total. The Hall–Kier alpha value is -5.06. The lowest BCUT2D eigenvalue weighted by Crippen LogP contribution is -2.53. The summed E-state index contributed by atoms with van der Waals surface area (Å²) in [5, 5.41) is 28.7. The van der Waals surface area contributed by atoms with Crippen LogP contribution in [0.25, 0.3) is 11.2 Å². The van der Waals surface area contributed by atoms with Crippen LogP contribution in [0.15, 0.2) is 22.4 Å². The maximum Gasteiger partial charge on any atom is 0.344 e. The van der Waals surface area contributed by atoms with Crippen LogP contribution in [0.5, 0.6) is 0 Å². The fraction of sp³-hybridized carbons (Fsp3) is 0.458. The zero-order chi connectivity index (χ0) is 35.1. The summed E-state index contributed by atoms with van der Waals surface area (Å²) < 4.78 is 18.9. The lowest BCUT2D eigenvalue weighted by atomic mass is 9.95. The minimum Gasteiger partial charge on any atom is -0.387 e. The first kappa shape index (κ1) is 34.3. The van der Waals surface area contributed by atoms with Crippen LogP contribution in [0.1, 0.15) is 20.1 Å². The summed E-state index contributed by atoms with van der Waals surface area (Å²) >= 11 is 0. The van der Waals surface area contributed by atoms with Gasteiger partial charge < -0.3 is 57.1 Å². The number of aliphatic imine (C=N–C) groups is 1. The van der Waals surface area contributed by atoms with Crippen molar-refractivity contribution in [3.05, 3.63) is 23.0 Å². The molecule has 24 heteroatoms. The van der Waals surface area contributed by atoms with Gasteiger partial charge in [-0.2, -0.15) is 4.98 Å². The van der Waals surface area contributed by atoms with Crippen LogP contribution in [-0.2, 0) is 23.7 Å². The van der Waals surface area contributed by atoms with Gasteiger partial charge in [0, 0.05) is 6.54 Å². The molecule has 0 aromatic carbocycles. The maximum atomic E-state index is 13.0. The smallest absolute Gasteiger partial charge is 0.344 e. The van der Waals surface area contributed by atoms with Crippen molar-refractivity contribution in [3.63, 3.8) is 0 Å². The molecule has 0 radical (unpaired) electrons. The van der Waals surface area contributed by atoms with Crippen molar-refractivity contribution < 1.29 is 43.7 Å². The number of rotatable bonds is 10. The summed E-state index contributed by atoms with van der Waals surface area (Å²) in [6.07, 6.45) is -4.01. The Morgan fingerprint density at radius 2 is 1.88 bits per heavy atom. The van der Waals surface area contributed by atoms with E-state index in [4.69, 9.17) is 16.2 Å². The number of aliphatic hydroxyl groups excluding tert-OH is 2. The molecule has 1 saturated heterocycles. The van der Waals surface area contributed by atoms with E-state index in [1.807, 2.05) is 0 Å². The number of hydrogen-bond donors (Lipinski definition) is 10. The molecule has 5 heterocycles. The molecule has 0 bridgehead atoms. The van der Waals surface area contributed by atoms with E-state index >= 15 is 0 Å². The van der Waals surface area contributed by atoms with Crippen LogP contribution >= 0.6 is 7.60 Å². The van der Waals surface area contributed by atoms with E-state index in [1.165, 1.54) is 17.2 Å². The van der Waals surface area contributed by atoms with Gasteiger partial charge in [0.05, 0.1) is 18.4 Å². The first-order chi connectivity index (χ1) is 22.4. The van der Waals surface area contributed by atoms with E-state index in [0.29, 0.717) is 4.90 Å². The van der Waals surface area contributed by atoms with Crippen LogP contribution in [0, 0.1) is 0 Å². The van der Waals surface area contributed by atoms with Gasteiger partial charge in [0.25, 0.3) is 11.5 Å². The SMILES string of the molecule is CC1(C)Nc2nc(N)[nH]c(=O)c2N=C1C(=O)NCC(=O)N(CC(=O)NC[C@H]1O[C@@H](n2cnc3c(N)ncnc32)C(O)C1O)CP(=O)(O)O. The Balaban J connectivity index is 1.21. The van der Waals surface area contributed by atoms with Crippen molar-refractivity contribution in [1.29, 1.82) is 0 Å². The number of nitrogens with zero attached hydrogens (tertiary/aromatic N) is 7. The molecule has 1 fully saturated rings. The molecular formula is C24H32N13O10P. The number of nitrogens with two attached hydrogens (primary N) is 2. The Kier molecular flexibility index (Phi) is 9.18. The zero-order valence-corrected chi connectivity index (χ0v) is 26.2. The zero-order valence-electron chi connectivity index (χ0n) is 25.3. The van der Waals surface area contributed by atoms with E-state index in [9.17, 15) is 43.7 Å². The standard InChI is InChI=1S/C24H32N13O10P/c1-24(2)16(32-13-18(35-24)33-23(26)34-20(13)42)21(43)28-4-11(39)36(8-48(44,45)46)5-10(38)27-3-9-14(40)15(41)22(47-9)37-7-31-12-17(25)29-6-30-19(12)37/h6-7,9,14-15,22,40-41H,3-5,8H2,1-2H3,(H,27,38)(H,28,43)(H2,25,29,30)(H2,44,45,46)(H4,26,33,34,35,42)/t9-,14?,15?,22-/m1/s1. The molecule has 258 valence electrons. The summed E-state index contributed by atoms with van der Waals surface area (Å²) in [4.78, 5) is 93.0. The predicted octanol–water partition coefficient (Wildman–Crippen LogP) is -4.13. The average molecular weight is 694 g/mol. The van der Waals surface area contributed by atoms with Crippen molar-refractivity contribution in [2.75, 3.05) is 42.7 Å². The fourth-order valence-corrected chi connectivity index (χ4v) is 5.74. The van der Waals surface area contributed by atoms with Crippen molar-refractivity contribution in [2.24, 2.45) is 4.99 Å². The highest BCUT2D eigenvalue weighted by atomic mass is 31.2. The highest BCUT2D eigenvalue weighted by Gasteiger charge is 2.44. The number of carbonyl (C=O) groups is 3. The third-order valence-corrected chi connectivity index (χ3v) is 8.03. The number of aromatic nitrogens is 6. The minimum absolute atomic E-state index is 0.0308. The second kappa shape index (κ2) is 12.9. The van der Waals surface area contributed by atoms with E-state index in [0.717, 1.165) is 0 Å². The van der Waals surface area contributed by atoms with E-state index in [-0.39, 0.29) is 46.7 Å². The van der Waals surface area contributed by atoms with E-state index in [2.05, 4.69) is 45.9 Å². The van der Waals surface area contributed by atoms with E-state index < -0.39 is 80.3 Å². The molecule has 3 aromatic heterocycles. The molecule has 2 unspecified atom stereocenters. The van der Waals surface area contributed by atoms with Gasteiger partial charge in [-0.3, -0.25) is 33.3 Å². The third-order valence-electron chi connectivity index (χ3n) is 7.32. The highest BCUT2D eigenvalue weighted by Crippen LogP contribution is 2.35. The van der Waals surface area contributed by atoms with Crippen LogP contribution in [0.3, 0.4) is 0 Å². The van der Waals surface area contributed by atoms with E-state index in [1.54, 1.807) is 13.8 Å². The summed E-state index contributed by atoms with van der Waals surface area (Å²) in [6, 6.07) is 0. The second-order valence-corrected chi connectivity index (χ2v) is 13.0.